The number of nitrogens with zero attached hydrogens (tertiary/aromatic N) is 1. The van der Waals surface area contributed by atoms with Gasteiger partial charge < -0.3 is 5.73 Å². The Morgan fingerprint density at radius 2 is 2.13 bits per heavy atom. The zero-order valence-corrected chi connectivity index (χ0v) is 8.04. The average Bonchev–Trinajstić information content (AvgIpc) is 2.17. The molecule has 0 atom stereocenters. The van der Waals surface area contributed by atoms with Crippen LogP contribution in [0.25, 0.3) is 0 Å². The second kappa shape index (κ2) is 3.90. The van der Waals surface area contributed by atoms with Crippen LogP contribution >= 0.6 is 0 Å². The van der Waals surface area contributed by atoms with Crippen molar-refractivity contribution in [2.75, 3.05) is 6.54 Å². The van der Waals surface area contributed by atoms with Crippen molar-refractivity contribution in [1.29, 1.82) is 0 Å². The fourth-order valence-electron chi connectivity index (χ4n) is 1.15. The first kappa shape index (κ1) is 11.5. The fourth-order valence-corrected chi connectivity index (χ4v) is 1.15. The van der Waals surface area contributed by atoms with Crippen molar-refractivity contribution in [3.05, 3.63) is 39.4 Å². The molecule has 2 N–H and O–H groups in total. The van der Waals surface area contributed by atoms with E-state index in [2.05, 4.69) is 0 Å². The molecule has 0 aliphatic heterocycles. The standard InChI is InChI=1S/C9H10F2N2O2/c1-6-2-3-7(9(10,11)5-12)4-8(6)13(14)15/h2-4H,5,12H2,1H3. The van der Waals surface area contributed by atoms with Crippen molar-refractivity contribution in [1.82, 2.24) is 0 Å². The van der Waals surface area contributed by atoms with E-state index in [-0.39, 0.29) is 5.69 Å². The quantitative estimate of drug-likeness (QED) is 0.620. The van der Waals surface area contributed by atoms with Gasteiger partial charge in [-0.1, -0.05) is 12.1 Å². The van der Waals surface area contributed by atoms with E-state index < -0.39 is 23.0 Å². The van der Waals surface area contributed by atoms with Gasteiger partial charge >= 0.3 is 0 Å². The summed E-state index contributed by atoms with van der Waals surface area (Å²) in [7, 11) is 0. The Balaban J connectivity index is 3.25. The highest BCUT2D eigenvalue weighted by atomic mass is 19.3. The summed E-state index contributed by atoms with van der Waals surface area (Å²) in [5.74, 6) is -3.22. The smallest absolute Gasteiger partial charge is 0.285 e. The molecular weight excluding hydrogens is 206 g/mol. The van der Waals surface area contributed by atoms with Crippen LogP contribution < -0.4 is 5.73 Å². The van der Waals surface area contributed by atoms with Gasteiger partial charge in [-0.15, -0.1) is 0 Å². The normalized spacial score (nSPS) is 11.5. The average molecular weight is 216 g/mol. The van der Waals surface area contributed by atoms with Crippen LogP contribution in [0.3, 0.4) is 0 Å². The van der Waals surface area contributed by atoms with E-state index in [9.17, 15) is 18.9 Å². The highest BCUT2D eigenvalue weighted by Gasteiger charge is 2.31. The SMILES string of the molecule is Cc1ccc(C(F)(F)CN)cc1[N+](=O)[O-]. The van der Waals surface area contributed by atoms with Crippen LogP contribution in [0.4, 0.5) is 14.5 Å². The minimum atomic E-state index is -3.22. The fraction of sp³-hybridized carbons (Fsp3) is 0.333. The summed E-state index contributed by atoms with van der Waals surface area (Å²) in [5.41, 5.74) is 4.48. The molecule has 1 aromatic carbocycles. The molecule has 0 amide bonds. The number of halogens is 2. The monoisotopic (exact) mass is 216 g/mol. The largest absolute Gasteiger partial charge is 0.325 e. The highest BCUT2D eigenvalue weighted by Crippen LogP contribution is 2.30. The highest BCUT2D eigenvalue weighted by molar-refractivity contribution is 5.43. The van der Waals surface area contributed by atoms with Crippen LogP contribution in [0.1, 0.15) is 11.1 Å². The zero-order chi connectivity index (χ0) is 11.6. The Bertz CT molecular complexity index is 394. The van der Waals surface area contributed by atoms with E-state index in [0.29, 0.717) is 5.56 Å². The molecule has 0 fully saturated rings. The van der Waals surface area contributed by atoms with E-state index in [1.165, 1.54) is 13.0 Å². The predicted octanol–water partition coefficient (Wildman–Crippen LogP) is 1.95. The van der Waals surface area contributed by atoms with Crippen LogP contribution in [-0.4, -0.2) is 11.5 Å². The predicted molar refractivity (Wildman–Crippen MR) is 50.8 cm³/mol. The summed E-state index contributed by atoms with van der Waals surface area (Å²) in [6.45, 7) is 0.621. The molecule has 0 saturated carbocycles. The Morgan fingerprint density at radius 1 is 1.53 bits per heavy atom. The molecule has 0 saturated heterocycles. The molecule has 1 aromatic rings. The molecule has 82 valence electrons. The summed E-state index contributed by atoms with van der Waals surface area (Å²) < 4.78 is 26.2. The van der Waals surface area contributed by atoms with Crippen molar-refractivity contribution >= 4 is 5.69 Å². The van der Waals surface area contributed by atoms with E-state index >= 15 is 0 Å². The first-order chi connectivity index (χ1) is 6.88. The first-order valence-electron chi connectivity index (χ1n) is 4.22. The third kappa shape index (κ3) is 2.27. The second-order valence-electron chi connectivity index (χ2n) is 3.17. The number of hydrogen-bond donors (Lipinski definition) is 1. The molecule has 0 aromatic heterocycles. The molecule has 0 bridgehead atoms. The van der Waals surface area contributed by atoms with Gasteiger partial charge in [-0.2, -0.15) is 8.78 Å². The van der Waals surface area contributed by atoms with E-state index in [1.807, 2.05) is 0 Å². The van der Waals surface area contributed by atoms with Crippen molar-refractivity contribution in [2.45, 2.75) is 12.8 Å². The lowest BCUT2D eigenvalue weighted by Crippen LogP contribution is -2.25. The lowest BCUT2D eigenvalue weighted by Gasteiger charge is -2.14. The summed E-state index contributed by atoms with van der Waals surface area (Å²) >= 11 is 0. The maximum absolute atomic E-state index is 13.1. The topological polar surface area (TPSA) is 69.2 Å². The van der Waals surface area contributed by atoms with Gasteiger partial charge in [0, 0.05) is 17.2 Å². The Morgan fingerprint density at radius 3 is 2.60 bits per heavy atom. The van der Waals surface area contributed by atoms with Crippen LogP contribution in [-0.2, 0) is 5.92 Å². The molecule has 15 heavy (non-hydrogen) atoms. The summed E-state index contributed by atoms with van der Waals surface area (Å²) in [4.78, 5) is 9.83. The van der Waals surface area contributed by atoms with Crippen LogP contribution in [0, 0.1) is 17.0 Å². The lowest BCUT2D eigenvalue weighted by atomic mass is 10.1. The molecule has 0 unspecified atom stereocenters. The molecule has 4 nitrogen and oxygen atoms in total. The Kier molecular flexibility index (Phi) is 2.99. The molecule has 0 spiro atoms. The van der Waals surface area contributed by atoms with Gasteiger partial charge in [0.05, 0.1) is 11.5 Å². The number of alkyl halides is 2. The third-order valence-electron chi connectivity index (χ3n) is 2.08. The van der Waals surface area contributed by atoms with Gasteiger partial charge in [-0.3, -0.25) is 10.1 Å². The van der Waals surface area contributed by atoms with E-state index in [0.717, 1.165) is 12.1 Å². The zero-order valence-electron chi connectivity index (χ0n) is 8.04. The van der Waals surface area contributed by atoms with Crippen molar-refractivity contribution in [3.8, 4) is 0 Å². The van der Waals surface area contributed by atoms with Gasteiger partial charge in [0.1, 0.15) is 0 Å². The summed E-state index contributed by atoms with van der Waals surface area (Å²) in [5, 5.41) is 10.5. The number of nitrogens with two attached hydrogens (primary N) is 1. The maximum atomic E-state index is 13.1. The molecule has 1 rings (SSSR count). The molecule has 0 radical (unpaired) electrons. The number of nitro benzene ring substituents is 1. The second-order valence-corrected chi connectivity index (χ2v) is 3.17. The Labute approximate surface area is 84.9 Å². The first-order valence-corrected chi connectivity index (χ1v) is 4.22. The van der Waals surface area contributed by atoms with Crippen LogP contribution in [0.5, 0.6) is 0 Å². The van der Waals surface area contributed by atoms with Gasteiger partial charge in [-0.05, 0) is 6.92 Å². The number of hydrogen-bond acceptors (Lipinski definition) is 3. The van der Waals surface area contributed by atoms with Gasteiger partial charge in [-0.25, -0.2) is 0 Å². The third-order valence-corrected chi connectivity index (χ3v) is 2.08. The number of rotatable bonds is 3. The number of aryl methyl sites for hydroxylation is 1. The summed E-state index contributed by atoms with van der Waals surface area (Å²) in [6, 6.07) is 3.30. The molecule has 0 aliphatic carbocycles. The van der Waals surface area contributed by atoms with E-state index in [4.69, 9.17) is 5.73 Å². The van der Waals surface area contributed by atoms with Crippen LogP contribution in [0.15, 0.2) is 18.2 Å². The van der Waals surface area contributed by atoms with Crippen LogP contribution in [0.2, 0.25) is 0 Å². The molecular formula is C9H10F2N2O2. The maximum Gasteiger partial charge on any atom is 0.285 e. The Hall–Kier alpha value is -1.56. The van der Waals surface area contributed by atoms with E-state index in [1.54, 1.807) is 0 Å². The van der Waals surface area contributed by atoms with Crippen molar-refractivity contribution in [2.24, 2.45) is 5.73 Å². The minimum absolute atomic E-state index is 0.319. The molecule has 0 heterocycles. The molecule has 6 heteroatoms. The number of benzene rings is 1. The van der Waals surface area contributed by atoms with Gasteiger partial charge in [0.2, 0.25) is 0 Å². The number of nitro groups is 1. The van der Waals surface area contributed by atoms with Gasteiger partial charge in [0.25, 0.3) is 11.6 Å². The lowest BCUT2D eigenvalue weighted by molar-refractivity contribution is -0.385. The van der Waals surface area contributed by atoms with Crippen molar-refractivity contribution < 1.29 is 13.7 Å². The minimum Gasteiger partial charge on any atom is -0.325 e. The van der Waals surface area contributed by atoms with Crippen molar-refractivity contribution in [3.63, 3.8) is 0 Å². The summed E-state index contributed by atoms with van der Waals surface area (Å²) in [6.07, 6.45) is 0. The molecule has 0 aliphatic rings. The van der Waals surface area contributed by atoms with Gasteiger partial charge in [0.15, 0.2) is 0 Å².